The minimum Gasteiger partial charge on any atom is -0.464 e. The molecule has 0 saturated carbocycles. The number of hydrogen-bond acceptors (Lipinski definition) is 8. The van der Waals surface area contributed by atoms with Gasteiger partial charge in [-0.25, -0.2) is 4.79 Å². The Morgan fingerprint density at radius 3 is 2.59 bits per heavy atom. The minimum absolute atomic E-state index is 0.0469. The molecule has 2 aromatic carbocycles. The van der Waals surface area contributed by atoms with Gasteiger partial charge in [0.05, 0.1) is 30.4 Å². The van der Waals surface area contributed by atoms with Crippen molar-refractivity contribution in [1.82, 2.24) is 10.2 Å². The Labute approximate surface area is 226 Å². The van der Waals surface area contributed by atoms with Crippen LogP contribution in [0.1, 0.15) is 36.1 Å². The van der Waals surface area contributed by atoms with Crippen molar-refractivity contribution in [2.75, 3.05) is 19.7 Å². The van der Waals surface area contributed by atoms with Crippen LogP contribution in [0.15, 0.2) is 58.7 Å². The number of amides is 2. The van der Waals surface area contributed by atoms with Crippen molar-refractivity contribution in [3.05, 3.63) is 76.6 Å². The lowest BCUT2D eigenvalue weighted by Gasteiger charge is -2.18. The first-order valence-electron chi connectivity index (χ1n) is 12.5. The highest BCUT2D eigenvalue weighted by Crippen LogP contribution is 2.22. The van der Waals surface area contributed by atoms with Gasteiger partial charge in [-0.2, -0.15) is 10.5 Å². The molecule has 0 bridgehead atoms. The van der Waals surface area contributed by atoms with Crippen molar-refractivity contribution in [2.45, 2.75) is 32.6 Å². The van der Waals surface area contributed by atoms with Crippen LogP contribution >= 0.6 is 0 Å². The van der Waals surface area contributed by atoms with E-state index in [9.17, 15) is 30.2 Å². The van der Waals surface area contributed by atoms with E-state index >= 15 is 0 Å². The number of ether oxygens (including phenoxy) is 1. The van der Waals surface area contributed by atoms with E-state index in [0.29, 0.717) is 40.9 Å². The molecule has 1 atom stereocenters. The van der Waals surface area contributed by atoms with Crippen molar-refractivity contribution < 1.29 is 28.8 Å². The lowest BCUT2D eigenvalue weighted by Crippen LogP contribution is -2.48. The molecule has 3 N–H and O–H groups in total. The van der Waals surface area contributed by atoms with Crippen LogP contribution in [-0.2, 0) is 22.4 Å². The molecule has 0 aliphatic heterocycles. The molecule has 0 saturated heterocycles. The van der Waals surface area contributed by atoms with Crippen LogP contribution < -0.4 is 5.32 Å². The predicted molar refractivity (Wildman–Crippen MR) is 145 cm³/mol. The zero-order valence-electron chi connectivity index (χ0n) is 21.8. The molecule has 1 aromatic heterocycles. The standard InChI is InChI=1S/C28H29BN4O6/c1-3-33(4-2)27(34)22(17-31)14-20-11-19(12-21(13-20)16-30)9-10-38-28(35)32-26(29(36)37)15-23-18-39-25-8-6-5-7-24(23)25/h5-8,11-14,18,26,36-37H,3-4,9-10,15H2,1-2H3,(H,32,35)/t26-/m0/s1. The quantitative estimate of drug-likeness (QED) is 0.195. The first-order chi connectivity index (χ1) is 18.8. The summed E-state index contributed by atoms with van der Waals surface area (Å²) < 4.78 is 10.7. The number of alkyl carbamates (subject to hydrolysis) is 1. The van der Waals surface area contributed by atoms with Gasteiger partial charge in [-0.15, -0.1) is 0 Å². The summed E-state index contributed by atoms with van der Waals surface area (Å²) in [6.07, 6.45) is 2.46. The molecular formula is C28H29BN4O6. The molecule has 0 aliphatic rings. The number of carbonyl (C=O) groups excluding carboxylic acids is 2. The maximum Gasteiger partial charge on any atom is 0.475 e. The Morgan fingerprint density at radius 1 is 1.18 bits per heavy atom. The van der Waals surface area contributed by atoms with Crippen molar-refractivity contribution in [1.29, 1.82) is 10.5 Å². The second kappa shape index (κ2) is 13.8. The molecule has 3 rings (SSSR count). The zero-order valence-corrected chi connectivity index (χ0v) is 21.8. The molecule has 200 valence electrons. The highest BCUT2D eigenvalue weighted by molar-refractivity contribution is 6.43. The average molecular weight is 528 g/mol. The third kappa shape index (κ3) is 7.71. The van der Waals surface area contributed by atoms with Gasteiger partial charge in [0.25, 0.3) is 5.91 Å². The Morgan fingerprint density at radius 2 is 1.92 bits per heavy atom. The van der Waals surface area contributed by atoms with E-state index in [1.54, 1.807) is 24.3 Å². The molecular weight excluding hydrogens is 499 g/mol. The summed E-state index contributed by atoms with van der Waals surface area (Å²) in [5, 5.41) is 41.8. The topological polar surface area (TPSA) is 160 Å². The van der Waals surface area contributed by atoms with E-state index < -0.39 is 25.1 Å². The van der Waals surface area contributed by atoms with Gasteiger partial charge >= 0.3 is 13.2 Å². The third-order valence-electron chi connectivity index (χ3n) is 6.14. The van der Waals surface area contributed by atoms with Gasteiger partial charge in [0, 0.05) is 24.9 Å². The Balaban J connectivity index is 1.64. The summed E-state index contributed by atoms with van der Waals surface area (Å²) >= 11 is 0. The maximum absolute atomic E-state index is 12.6. The molecule has 0 radical (unpaired) electrons. The zero-order chi connectivity index (χ0) is 28.4. The number of fused-ring (bicyclic) bond motifs is 1. The number of nitriles is 2. The van der Waals surface area contributed by atoms with E-state index in [-0.39, 0.29) is 25.0 Å². The first kappa shape index (κ1) is 29.0. The molecule has 11 heteroatoms. The van der Waals surface area contributed by atoms with Crippen LogP contribution in [0.25, 0.3) is 17.0 Å². The number of nitrogens with zero attached hydrogens (tertiary/aromatic N) is 3. The maximum atomic E-state index is 12.6. The first-order valence-corrected chi connectivity index (χ1v) is 12.5. The average Bonchev–Trinajstić information content (AvgIpc) is 3.34. The number of carbonyl (C=O) groups is 2. The van der Waals surface area contributed by atoms with Crippen molar-refractivity contribution in [3.63, 3.8) is 0 Å². The molecule has 39 heavy (non-hydrogen) atoms. The van der Waals surface area contributed by atoms with Crippen LogP contribution in [0.2, 0.25) is 0 Å². The lowest BCUT2D eigenvalue weighted by molar-refractivity contribution is -0.126. The van der Waals surface area contributed by atoms with Crippen LogP contribution in [0.4, 0.5) is 4.79 Å². The minimum atomic E-state index is -1.83. The molecule has 0 spiro atoms. The van der Waals surface area contributed by atoms with E-state index in [1.807, 2.05) is 38.1 Å². The molecule has 3 aromatic rings. The Kier molecular flexibility index (Phi) is 10.3. The molecule has 2 amide bonds. The SMILES string of the molecule is CCN(CC)C(=O)C(C#N)=Cc1cc(C#N)cc(CCOC(=O)N[C@@H](Cc2coc3ccccc23)B(O)O)c1. The fourth-order valence-corrected chi connectivity index (χ4v) is 4.11. The number of nitrogens with one attached hydrogen (secondary N) is 1. The summed E-state index contributed by atoms with van der Waals surface area (Å²) in [6.45, 7) is 4.51. The fourth-order valence-electron chi connectivity index (χ4n) is 4.11. The van der Waals surface area contributed by atoms with Crippen molar-refractivity contribution in [2.24, 2.45) is 0 Å². The predicted octanol–water partition coefficient (Wildman–Crippen LogP) is 2.97. The summed E-state index contributed by atoms with van der Waals surface area (Å²) in [4.78, 5) is 26.5. The van der Waals surface area contributed by atoms with E-state index in [4.69, 9.17) is 9.15 Å². The van der Waals surface area contributed by atoms with Gasteiger partial charge in [-0.1, -0.05) is 24.3 Å². The number of hydrogen-bond donors (Lipinski definition) is 3. The van der Waals surface area contributed by atoms with E-state index in [1.165, 1.54) is 17.2 Å². The van der Waals surface area contributed by atoms with Gasteiger partial charge in [-0.05, 0) is 61.2 Å². The van der Waals surface area contributed by atoms with E-state index in [0.717, 1.165) is 5.39 Å². The molecule has 10 nitrogen and oxygen atoms in total. The van der Waals surface area contributed by atoms with Crippen molar-refractivity contribution in [3.8, 4) is 12.1 Å². The third-order valence-corrected chi connectivity index (χ3v) is 6.14. The molecule has 1 heterocycles. The number of furan rings is 1. The van der Waals surface area contributed by atoms with E-state index in [2.05, 4.69) is 11.4 Å². The fraction of sp³-hybridized carbons (Fsp3) is 0.286. The summed E-state index contributed by atoms with van der Waals surface area (Å²) in [5.74, 6) is -1.43. The van der Waals surface area contributed by atoms with Crippen molar-refractivity contribution >= 4 is 36.2 Å². The Hall–Kier alpha value is -4.58. The molecule has 0 unspecified atom stereocenters. The summed E-state index contributed by atoms with van der Waals surface area (Å²) in [7, 11) is -1.83. The number of para-hydroxylation sites is 1. The highest BCUT2D eigenvalue weighted by Gasteiger charge is 2.27. The van der Waals surface area contributed by atoms with Crippen LogP contribution in [0.3, 0.4) is 0 Å². The largest absolute Gasteiger partial charge is 0.475 e. The Bertz CT molecular complexity index is 1430. The number of rotatable bonds is 11. The van der Waals surface area contributed by atoms with Crippen LogP contribution in [-0.4, -0.2) is 59.7 Å². The lowest BCUT2D eigenvalue weighted by atomic mass is 9.76. The van der Waals surface area contributed by atoms with Gasteiger partial charge in [-0.3, -0.25) is 4.79 Å². The van der Waals surface area contributed by atoms with Gasteiger partial charge in [0.2, 0.25) is 0 Å². The molecule has 0 fully saturated rings. The normalized spacial score (nSPS) is 11.8. The summed E-state index contributed by atoms with van der Waals surface area (Å²) in [5.41, 5.74) is 2.79. The monoisotopic (exact) mass is 528 g/mol. The second-order valence-electron chi connectivity index (χ2n) is 8.73. The van der Waals surface area contributed by atoms with Gasteiger partial charge in [0.1, 0.15) is 17.2 Å². The van der Waals surface area contributed by atoms with Gasteiger partial charge in [0.15, 0.2) is 0 Å². The smallest absolute Gasteiger partial charge is 0.464 e. The van der Waals surface area contributed by atoms with Crippen LogP contribution in [0.5, 0.6) is 0 Å². The second-order valence-corrected chi connectivity index (χ2v) is 8.73. The number of benzene rings is 2. The van der Waals surface area contributed by atoms with Crippen LogP contribution in [0, 0.1) is 22.7 Å². The summed E-state index contributed by atoms with van der Waals surface area (Å²) in [6, 6.07) is 16.2. The van der Waals surface area contributed by atoms with Gasteiger partial charge < -0.3 is 29.4 Å². The number of likely N-dealkylation sites (N-methyl/N-ethyl adjacent to an activating group) is 1. The highest BCUT2D eigenvalue weighted by atomic mass is 16.5. The molecule has 0 aliphatic carbocycles.